The van der Waals surface area contributed by atoms with Gasteiger partial charge in [-0.25, -0.2) is 0 Å². The van der Waals surface area contributed by atoms with Gasteiger partial charge in [-0.3, -0.25) is 4.98 Å². The minimum atomic E-state index is -2.06. The Morgan fingerprint density at radius 1 is 1.15 bits per heavy atom. The zero-order valence-corrected chi connectivity index (χ0v) is 19.8. The Balaban J connectivity index is 1.24. The van der Waals surface area contributed by atoms with Crippen molar-refractivity contribution in [2.24, 2.45) is 11.3 Å². The Morgan fingerprint density at radius 2 is 2.09 bits per heavy atom. The number of hydrogen-bond donors (Lipinski definition) is 0. The Bertz CT molecular complexity index is 1300. The maximum absolute atomic E-state index is 7.95. The summed E-state index contributed by atoms with van der Waals surface area (Å²) in [6.45, 7) is 0.445. The van der Waals surface area contributed by atoms with E-state index in [4.69, 9.17) is 8.85 Å². The van der Waals surface area contributed by atoms with E-state index in [1.165, 1.54) is 40.3 Å². The molecule has 3 aliphatic carbocycles. The second-order valence-corrected chi connectivity index (χ2v) is 11.7. The summed E-state index contributed by atoms with van der Waals surface area (Å²) in [5.41, 5.74) is 3.91. The standard InChI is InChI=1S/C30H36N2O/c1-28-12-10-24-17-23-6-7-25(32(2)3)18-29(23)13-14-30(24,33-29)27(28)9-8-26(28)21-5-4-20-11-15-31-19-22(20)16-21/h4-5,10-11,15-17,19,25-27H,6-9,12-14,18H2,1-3H3/t25-,26+,27+,28+,29+,30+/m0/s1/i2D3. The van der Waals surface area contributed by atoms with Gasteiger partial charge in [0.15, 0.2) is 0 Å². The largest absolute Gasteiger partial charge is 0.359 e. The average Bonchev–Trinajstić information content (AvgIpc) is 3.37. The lowest BCUT2D eigenvalue weighted by atomic mass is 9.58. The summed E-state index contributed by atoms with van der Waals surface area (Å²) in [7, 11) is 1.76. The highest BCUT2D eigenvalue weighted by atomic mass is 16.5. The van der Waals surface area contributed by atoms with Gasteiger partial charge in [0.1, 0.15) is 0 Å². The number of fused-ring (bicyclic) bond motifs is 2. The van der Waals surface area contributed by atoms with Gasteiger partial charge in [-0.05, 0) is 117 Å². The van der Waals surface area contributed by atoms with Crippen molar-refractivity contribution in [2.75, 3.05) is 14.0 Å². The summed E-state index contributed by atoms with van der Waals surface area (Å²) in [6, 6.07) is 9.08. The summed E-state index contributed by atoms with van der Waals surface area (Å²) in [5.74, 6) is 0.989. The Kier molecular flexibility index (Phi) is 3.60. The Morgan fingerprint density at radius 3 is 3.00 bits per heavy atom. The maximum atomic E-state index is 7.95. The summed E-state index contributed by atoms with van der Waals surface area (Å²) in [4.78, 5) is 5.97. The number of pyridine rings is 1. The molecule has 0 unspecified atom stereocenters. The van der Waals surface area contributed by atoms with Gasteiger partial charge in [-0.1, -0.05) is 31.2 Å². The van der Waals surface area contributed by atoms with E-state index in [-0.39, 0.29) is 22.7 Å². The monoisotopic (exact) mass is 443 g/mol. The number of nitrogens with zero attached hydrogens (tertiary/aromatic N) is 2. The third-order valence-electron chi connectivity index (χ3n) is 10.3. The van der Waals surface area contributed by atoms with Gasteiger partial charge >= 0.3 is 0 Å². The number of aromatic nitrogens is 1. The van der Waals surface area contributed by atoms with Gasteiger partial charge in [0.25, 0.3) is 0 Å². The minimum Gasteiger partial charge on any atom is -0.359 e. The van der Waals surface area contributed by atoms with Gasteiger partial charge in [0.05, 0.1) is 11.2 Å². The first-order chi connectivity index (χ1) is 17.1. The predicted octanol–water partition coefficient (Wildman–Crippen LogP) is 6.41. The van der Waals surface area contributed by atoms with Crippen molar-refractivity contribution in [3.63, 3.8) is 0 Å². The molecule has 1 saturated heterocycles. The first-order valence-electron chi connectivity index (χ1n) is 14.3. The fourth-order valence-corrected chi connectivity index (χ4v) is 8.58. The topological polar surface area (TPSA) is 25.4 Å². The minimum absolute atomic E-state index is 0.0350. The van der Waals surface area contributed by atoms with Crippen molar-refractivity contribution in [3.05, 3.63) is 65.5 Å². The number of hydrogen-bond acceptors (Lipinski definition) is 3. The zero-order valence-electron chi connectivity index (χ0n) is 22.8. The van der Waals surface area contributed by atoms with E-state index in [0.29, 0.717) is 11.8 Å². The van der Waals surface area contributed by atoms with Crippen LogP contribution in [-0.4, -0.2) is 41.2 Å². The lowest BCUT2D eigenvalue weighted by Gasteiger charge is -2.54. The van der Waals surface area contributed by atoms with Crippen LogP contribution in [0.5, 0.6) is 0 Å². The maximum Gasteiger partial charge on any atom is 0.0974 e. The van der Waals surface area contributed by atoms with Gasteiger partial charge in [0, 0.05) is 27.9 Å². The van der Waals surface area contributed by atoms with Crippen LogP contribution >= 0.6 is 0 Å². The van der Waals surface area contributed by atoms with Gasteiger partial charge < -0.3 is 9.64 Å². The number of benzene rings is 1. The highest BCUT2D eigenvalue weighted by Crippen LogP contribution is 2.69. The fourth-order valence-electron chi connectivity index (χ4n) is 8.58. The molecule has 6 atom stereocenters. The molecule has 0 amide bonds. The van der Waals surface area contributed by atoms with Crippen molar-refractivity contribution >= 4 is 10.8 Å². The average molecular weight is 444 g/mol. The van der Waals surface area contributed by atoms with Crippen LogP contribution in [0.1, 0.15) is 73.9 Å². The zero-order chi connectivity index (χ0) is 24.9. The van der Waals surface area contributed by atoms with Crippen LogP contribution in [0.15, 0.2) is 60.0 Å². The van der Waals surface area contributed by atoms with E-state index in [9.17, 15) is 0 Å². The van der Waals surface area contributed by atoms with E-state index in [1.807, 2.05) is 12.4 Å². The molecule has 2 spiro atoms. The van der Waals surface area contributed by atoms with Gasteiger partial charge in [0.2, 0.25) is 0 Å². The summed E-state index contributed by atoms with van der Waals surface area (Å²) in [6.07, 6.45) is 17.0. The van der Waals surface area contributed by atoms with Crippen LogP contribution < -0.4 is 0 Å². The Hall–Kier alpha value is -1.97. The lowest BCUT2D eigenvalue weighted by molar-refractivity contribution is -0.139. The van der Waals surface area contributed by atoms with Crippen molar-refractivity contribution in [3.8, 4) is 0 Å². The first-order valence-corrected chi connectivity index (χ1v) is 12.8. The van der Waals surface area contributed by atoms with E-state index in [0.717, 1.165) is 38.5 Å². The molecule has 0 radical (unpaired) electrons. The molecular weight excluding hydrogens is 404 g/mol. The molecule has 2 aliphatic heterocycles. The highest BCUT2D eigenvalue weighted by molar-refractivity contribution is 5.82. The van der Waals surface area contributed by atoms with Crippen molar-refractivity contribution in [2.45, 2.75) is 81.5 Å². The van der Waals surface area contributed by atoms with E-state index < -0.39 is 6.98 Å². The number of allylic oxidation sites excluding steroid dienone is 1. The number of rotatable bonds is 2. The van der Waals surface area contributed by atoms with Crippen LogP contribution in [0.25, 0.3) is 10.8 Å². The third-order valence-corrected chi connectivity index (χ3v) is 10.3. The molecule has 0 N–H and O–H groups in total. The Labute approximate surface area is 202 Å². The molecule has 1 aromatic heterocycles. The molecular formula is C30H36N2O. The summed E-state index contributed by atoms with van der Waals surface area (Å²) >= 11 is 0. The van der Waals surface area contributed by atoms with Crippen LogP contribution in [-0.2, 0) is 4.74 Å². The summed E-state index contributed by atoms with van der Waals surface area (Å²) in [5, 5.41) is 2.47. The molecule has 3 heterocycles. The van der Waals surface area contributed by atoms with Crippen molar-refractivity contribution in [1.82, 2.24) is 9.88 Å². The smallest absolute Gasteiger partial charge is 0.0974 e. The van der Waals surface area contributed by atoms with Gasteiger partial charge in [-0.15, -0.1) is 0 Å². The van der Waals surface area contributed by atoms with Crippen molar-refractivity contribution in [1.29, 1.82) is 0 Å². The second-order valence-electron chi connectivity index (χ2n) is 11.7. The first kappa shape index (κ1) is 17.5. The SMILES string of the molecule is [2H]C([2H])([2H])N(C)[C@H]1CCC2=CC3=CC[C@]4(C)[C@@H](c5ccc6ccncc6c5)CC[C@H]4[C@@]34CC[C@]2(C1)O4. The van der Waals surface area contributed by atoms with Gasteiger partial charge in [-0.2, -0.15) is 0 Å². The molecule has 7 rings (SSSR count). The predicted molar refractivity (Wildman–Crippen MR) is 133 cm³/mol. The third kappa shape index (κ3) is 2.67. The lowest BCUT2D eigenvalue weighted by Crippen LogP contribution is -2.55. The molecule has 3 nitrogen and oxygen atoms in total. The molecule has 3 fully saturated rings. The number of ether oxygens (including phenoxy) is 1. The molecule has 33 heavy (non-hydrogen) atoms. The van der Waals surface area contributed by atoms with Crippen LogP contribution in [0, 0.1) is 11.3 Å². The molecule has 3 heteroatoms. The molecule has 2 bridgehead atoms. The quantitative estimate of drug-likeness (QED) is 0.536. The molecule has 2 saturated carbocycles. The molecule has 5 aliphatic rings. The van der Waals surface area contributed by atoms with E-state index in [2.05, 4.69) is 48.3 Å². The molecule has 1 aromatic carbocycles. The van der Waals surface area contributed by atoms with E-state index in [1.54, 1.807) is 11.9 Å². The molecule has 2 aromatic rings. The molecule has 172 valence electrons. The second kappa shape index (κ2) is 6.79. The van der Waals surface area contributed by atoms with Crippen LogP contribution in [0.2, 0.25) is 0 Å². The summed E-state index contributed by atoms with van der Waals surface area (Å²) < 4.78 is 31.2. The highest BCUT2D eigenvalue weighted by Gasteiger charge is 2.66. The van der Waals surface area contributed by atoms with Crippen LogP contribution in [0.4, 0.5) is 0 Å². The van der Waals surface area contributed by atoms with Crippen LogP contribution in [0.3, 0.4) is 0 Å². The van der Waals surface area contributed by atoms with E-state index >= 15 is 0 Å². The fraction of sp³-hybridized carbons (Fsp3) is 0.567. The normalized spacial score (nSPS) is 43.1. The van der Waals surface area contributed by atoms with Crippen molar-refractivity contribution < 1.29 is 8.85 Å².